The molecule has 0 spiro atoms. The van der Waals surface area contributed by atoms with Gasteiger partial charge in [-0.2, -0.15) is 5.26 Å². The van der Waals surface area contributed by atoms with Crippen molar-refractivity contribution in [3.63, 3.8) is 0 Å². The fourth-order valence-corrected chi connectivity index (χ4v) is 1.17. The fraction of sp³-hybridized carbons (Fsp3) is 0.125. The van der Waals surface area contributed by atoms with Crippen LogP contribution in [-0.2, 0) is 0 Å². The Morgan fingerprint density at radius 3 is 2.64 bits per heavy atom. The molecule has 0 amide bonds. The molecule has 0 fully saturated rings. The number of fused-ring (bicyclic) bond motifs is 1. The van der Waals surface area contributed by atoms with Gasteiger partial charge in [0.25, 0.3) is 5.69 Å². The van der Waals surface area contributed by atoms with Gasteiger partial charge in [-0.1, -0.05) is 0 Å². The van der Waals surface area contributed by atoms with Crippen LogP contribution in [0.4, 0.5) is 5.69 Å². The summed E-state index contributed by atoms with van der Waals surface area (Å²) in [5.74, 6) is 0.669. The van der Waals surface area contributed by atoms with E-state index in [1.807, 2.05) is 0 Å². The first-order valence-corrected chi connectivity index (χ1v) is 3.70. The number of hydrogen-bond acceptors (Lipinski definition) is 5. The van der Waals surface area contributed by atoms with Crippen LogP contribution in [0.5, 0.6) is 11.5 Å². The number of nitro benzene ring substituents is 1. The summed E-state index contributed by atoms with van der Waals surface area (Å²) in [7, 11) is 0. The fourth-order valence-electron chi connectivity index (χ4n) is 1.17. The highest BCUT2D eigenvalue weighted by Gasteiger charge is 2.22. The molecule has 6 heteroatoms. The molecule has 70 valence electrons. The number of nitro groups is 1. The second-order valence-corrected chi connectivity index (χ2v) is 2.59. The van der Waals surface area contributed by atoms with Gasteiger partial charge in [-0.25, -0.2) is 0 Å². The zero-order valence-electron chi connectivity index (χ0n) is 6.89. The minimum Gasteiger partial charge on any atom is -0.454 e. The molecular formula is C8H4N2O4. The molecule has 0 N–H and O–H groups in total. The maximum absolute atomic E-state index is 10.5. The van der Waals surface area contributed by atoms with E-state index in [9.17, 15) is 10.1 Å². The molecule has 14 heavy (non-hydrogen) atoms. The van der Waals surface area contributed by atoms with Crippen LogP contribution >= 0.6 is 0 Å². The zero-order valence-corrected chi connectivity index (χ0v) is 6.89. The number of nitrogens with zero attached hydrogens (tertiary/aromatic N) is 2. The molecule has 0 saturated carbocycles. The minimum atomic E-state index is -0.624. The van der Waals surface area contributed by atoms with Crippen LogP contribution in [0.1, 0.15) is 5.56 Å². The summed E-state index contributed by atoms with van der Waals surface area (Å²) in [5, 5.41) is 19.2. The maximum atomic E-state index is 10.5. The Labute approximate surface area is 78.4 Å². The summed E-state index contributed by atoms with van der Waals surface area (Å²) in [6.07, 6.45) is 0. The monoisotopic (exact) mass is 192 g/mol. The Morgan fingerprint density at radius 1 is 1.43 bits per heavy atom. The molecule has 0 aromatic heterocycles. The van der Waals surface area contributed by atoms with Gasteiger partial charge in [0.2, 0.25) is 6.79 Å². The number of ether oxygens (including phenoxy) is 2. The van der Waals surface area contributed by atoms with E-state index in [1.165, 1.54) is 12.1 Å². The van der Waals surface area contributed by atoms with Crippen LogP contribution in [0.25, 0.3) is 0 Å². The van der Waals surface area contributed by atoms with E-state index in [0.717, 1.165) is 0 Å². The van der Waals surface area contributed by atoms with Crippen LogP contribution in [0, 0.1) is 21.4 Å². The lowest BCUT2D eigenvalue weighted by Gasteiger charge is -1.97. The van der Waals surface area contributed by atoms with E-state index in [4.69, 9.17) is 14.7 Å². The van der Waals surface area contributed by atoms with Crippen molar-refractivity contribution in [2.75, 3.05) is 6.79 Å². The minimum absolute atomic E-state index is 0.0285. The van der Waals surface area contributed by atoms with Crippen molar-refractivity contribution in [1.29, 1.82) is 5.26 Å². The van der Waals surface area contributed by atoms with Crippen molar-refractivity contribution in [2.45, 2.75) is 0 Å². The molecule has 1 aromatic carbocycles. The quantitative estimate of drug-likeness (QED) is 0.492. The first-order chi connectivity index (χ1) is 6.72. The highest BCUT2D eigenvalue weighted by Crippen LogP contribution is 2.37. The molecule has 0 bridgehead atoms. The molecule has 0 unspecified atom stereocenters. The van der Waals surface area contributed by atoms with E-state index in [-0.39, 0.29) is 18.0 Å². The van der Waals surface area contributed by atoms with E-state index < -0.39 is 4.92 Å². The summed E-state index contributed by atoms with van der Waals surface area (Å²) < 4.78 is 9.93. The van der Waals surface area contributed by atoms with Gasteiger partial charge in [-0.05, 0) is 0 Å². The molecule has 0 radical (unpaired) electrons. The Bertz CT molecular complexity index is 449. The molecule has 1 heterocycles. The van der Waals surface area contributed by atoms with Gasteiger partial charge in [0, 0.05) is 6.07 Å². The third-order valence-corrected chi connectivity index (χ3v) is 1.81. The van der Waals surface area contributed by atoms with Crippen molar-refractivity contribution in [1.82, 2.24) is 0 Å². The summed E-state index contributed by atoms with van der Waals surface area (Å²) in [6, 6.07) is 4.23. The molecule has 1 aliphatic rings. The highest BCUT2D eigenvalue weighted by molar-refractivity contribution is 5.59. The van der Waals surface area contributed by atoms with Crippen molar-refractivity contribution in [3.8, 4) is 17.6 Å². The second-order valence-electron chi connectivity index (χ2n) is 2.59. The van der Waals surface area contributed by atoms with E-state index in [0.29, 0.717) is 11.5 Å². The van der Waals surface area contributed by atoms with Crippen LogP contribution < -0.4 is 9.47 Å². The number of hydrogen-bond donors (Lipinski definition) is 0. The molecular weight excluding hydrogens is 188 g/mol. The second kappa shape index (κ2) is 2.88. The molecule has 0 saturated heterocycles. The lowest BCUT2D eigenvalue weighted by Crippen LogP contribution is -1.93. The summed E-state index contributed by atoms with van der Waals surface area (Å²) in [4.78, 5) is 9.91. The van der Waals surface area contributed by atoms with Gasteiger partial charge in [0.15, 0.2) is 11.5 Å². The van der Waals surface area contributed by atoms with Crippen LogP contribution in [0.2, 0.25) is 0 Å². The van der Waals surface area contributed by atoms with Crippen LogP contribution in [-0.4, -0.2) is 11.7 Å². The van der Waals surface area contributed by atoms with E-state index in [1.54, 1.807) is 6.07 Å². The largest absolute Gasteiger partial charge is 0.454 e. The van der Waals surface area contributed by atoms with Crippen LogP contribution in [0.3, 0.4) is 0 Å². The number of nitriles is 1. The highest BCUT2D eigenvalue weighted by atomic mass is 16.7. The maximum Gasteiger partial charge on any atom is 0.291 e. The summed E-state index contributed by atoms with van der Waals surface area (Å²) in [5.41, 5.74) is -0.295. The average Bonchev–Trinajstić information content (AvgIpc) is 2.62. The predicted molar refractivity (Wildman–Crippen MR) is 43.9 cm³/mol. The molecule has 0 aliphatic carbocycles. The topological polar surface area (TPSA) is 85.4 Å². The van der Waals surface area contributed by atoms with E-state index >= 15 is 0 Å². The first kappa shape index (κ1) is 8.31. The number of benzene rings is 1. The smallest absolute Gasteiger partial charge is 0.291 e. The Hall–Kier alpha value is -2.29. The third-order valence-electron chi connectivity index (χ3n) is 1.81. The average molecular weight is 192 g/mol. The van der Waals surface area contributed by atoms with Gasteiger partial charge >= 0.3 is 0 Å². The van der Waals surface area contributed by atoms with Crippen molar-refractivity contribution >= 4 is 5.69 Å². The van der Waals surface area contributed by atoms with Gasteiger partial charge in [-0.15, -0.1) is 0 Å². The van der Waals surface area contributed by atoms with Crippen molar-refractivity contribution < 1.29 is 14.4 Å². The lowest BCUT2D eigenvalue weighted by atomic mass is 10.2. The molecule has 2 rings (SSSR count). The molecule has 6 nitrogen and oxygen atoms in total. The number of rotatable bonds is 1. The Kier molecular flexibility index (Phi) is 1.71. The summed E-state index contributed by atoms with van der Waals surface area (Å²) >= 11 is 0. The Morgan fingerprint density at radius 2 is 2.07 bits per heavy atom. The van der Waals surface area contributed by atoms with Crippen molar-refractivity contribution in [3.05, 3.63) is 27.8 Å². The molecule has 0 atom stereocenters. The Balaban J connectivity index is 2.61. The lowest BCUT2D eigenvalue weighted by molar-refractivity contribution is -0.385. The van der Waals surface area contributed by atoms with Crippen LogP contribution in [0.15, 0.2) is 12.1 Å². The normalized spacial score (nSPS) is 12.2. The zero-order chi connectivity index (χ0) is 10.1. The first-order valence-electron chi connectivity index (χ1n) is 3.70. The molecule has 1 aliphatic heterocycles. The summed E-state index contributed by atoms with van der Waals surface area (Å²) in [6.45, 7) is 0.0291. The molecule has 1 aromatic rings. The van der Waals surface area contributed by atoms with Crippen molar-refractivity contribution in [2.24, 2.45) is 0 Å². The third kappa shape index (κ3) is 1.11. The van der Waals surface area contributed by atoms with E-state index in [2.05, 4.69) is 0 Å². The van der Waals surface area contributed by atoms with Gasteiger partial charge in [0.05, 0.1) is 11.0 Å². The van der Waals surface area contributed by atoms with Gasteiger partial charge < -0.3 is 9.47 Å². The standard InChI is InChI=1S/C8H4N2O4/c9-3-5-1-7-8(14-4-13-7)2-6(5)10(11)12/h1-2H,4H2. The SMILES string of the molecule is N#Cc1cc2c(cc1[N+](=O)[O-])OCO2. The predicted octanol–water partition coefficient (Wildman–Crippen LogP) is 1.20. The van der Waals surface area contributed by atoms with Gasteiger partial charge in [-0.3, -0.25) is 10.1 Å². The van der Waals surface area contributed by atoms with Gasteiger partial charge in [0.1, 0.15) is 11.6 Å².